The highest BCUT2D eigenvalue weighted by Crippen LogP contribution is 2.28. The maximum absolute atomic E-state index is 6.38. The van der Waals surface area contributed by atoms with Crippen molar-refractivity contribution in [3.8, 4) is 0 Å². The van der Waals surface area contributed by atoms with Gasteiger partial charge in [0.15, 0.2) is 0 Å². The van der Waals surface area contributed by atoms with Crippen LogP contribution in [0.25, 0.3) is 0 Å². The summed E-state index contributed by atoms with van der Waals surface area (Å²) in [6.45, 7) is 2.09. The molecule has 0 spiro atoms. The Hall–Kier alpha value is -1.51. The highest BCUT2D eigenvalue weighted by Gasteiger charge is 2.09. The molecule has 0 heterocycles. The maximum atomic E-state index is 6.38. The zero-order valence-corrected chi connectivity index (χ0v) is 12.8. The zero-order valence-electron chi connectivity index (χ0n) is 12.0. The number of anilines is 2. The number of hydrogen-bond acceptors (Lipinski definition) is 2. The summed E-state index contributed by atoms with van der Waals surface area (Å²) in [5, 5.41) is 0.786. The number of nitrogens with zero attached hydrogens (tertiary/aromatic N) is 1. The summed E-state index contributed by atoms with van der Waals surface area (Å²) in [4.78, 5) is 2.12. The molecule has 0 bridgehead atoms. The quantitative estimate of drug-likeness (QED) is 0.884. The monoisotopic (exact) mass is 288 g/mol. The van der Waals surface area contributed by atoms with Gasteiger partial charge in [-0.1, -0.05) is 42.8 Å². The smallest absolute Gasteiger partial charge is 0.0459 e. The van der Waals surface area contributed by atoms with Crippen molar-refractivity contribution in [1.29, 1.82) is 0 Å². The van der Waals surface area contributed by atoms with Gasteiger partial charge < -0.3 is 10.6 Å². The fourth-order valence-corrected chi connectivity index (χ4v) is 2.39. The lowest BCUT2D eigenvalue weighted by Gasteiger charge is -2.21. The van der Waals surface area contributed by atoms with E-state index in [1.807, 2.05) is 31.3 Å². The predicted octanol–water partition coefficient (Wildman–Crippen LogP) is 4.39. The molecule has 20 heavy (non-hydrogen) atoms. The number of para-hydroxylation sites is 1. The van der Waals surface area contributed by atoms with E-state index in [4.69, 9.17) is 17.3 Å². The van der Waals surface area contributed by atoms with Crippen LogP contribution in [0.4, 0.5) is 11.4 Å². The minimum atomic E-state index is 0.171. The van der Waals surface area contributed by atoms with Gasteiger partial charge in [0, 0.05) is 29.5 Å². The maximum Gasteiger partial charge on any atom is 0.0459 e. The summed E-state index contributed by atoms with van der Waals surface area (Å²) in [5.41, 5.74) is 9.33. The second-order valence-electron chi connectivity index (χ2n) is 5.04. The lowest BCUT2D eigenvalue weighted by Crippen LogP contribution is -2.21. The number of nitrogens with two attached hydrogens (primary N) is 1. The molecule has 0 aromatic heterocycles. The van der Waals surface area contributed by atoms with Gasteiger partial charge in [0.05, 0.1) is 0 Å². The van der Waals surface area contributed by atoms with Gasteiger partial charge >= 0.3 is 0 Å². The van der Waals surface area contributed by atoms with Crippen molar-refractivity contribution in [2.75, 3.05) is 11.9 Å². The fourth-order valence-electron chi connectivity index (χ4n) is 2.14. The van der Waals surface area contributed by atoms with Crippen molar-refractivity contribution >= 4 is 23.0 Å². The lowest BCUT2D eigenvalue weighted by atomic mass is 10.0. The average Bonchev–Trinajstić information content (AvgIpc) is 2.49. The van der Waals surface area contributed by atoms with Crippen LogP contribution in [0.3, 0.4) is 0 Å². The van der Waals surface area contributed by atoms with E-state index in [1.165, 1.54) is 0 Å². The van der Waals surface area contributed by atoms with Crippen LogP contribution < -0.4 is 10.6 Å². The Morgan fingerprint density at radius 3 is 2.40 bits per heavy atom. The van der Waals surface area contributed by atoms with E-state index >= 15 is 0 Å². The van der Waals surface area contributed by atoms with Crippen molar-refractivity contribution in [3.63, 3.8) is 0 Å². The van der Waals surface area contributed by atoms with E-state index in [1.54, 1.807) is 0 Å². The first-order valence-corrected chi connectivity index (χ1v) is 7.32. The molecule has 2 aromatic rings. The summed E-state index contributed by atoms with van der Waals surface area (Å²) < 4.78 is 0. The molecule has 0 aliphatic carbocycles. The van der Waals surface area contributed by atoms with Crippen LogP contribution in [0.1, 0.15) is 18.9 Å². The van der Waals surface area contributed by atoms with Crippen LogP contribution >= 0.6 is 11.6 Å². The molecule has 0 aliphatic heterocycles. The van der Waals surface area contributed by atoms with Gasteiger partial charge in [-0.05, 0) is 42.7 Å². The van der Waals surface area contributed by atoms with Crippen LogP contribution in [-0.4, -0.2) is 13.1 Å². The second kappa shape index (κ2) is 6.78. The average molecular weight is 289 g/mol. The third kappa shape index (κ3) is 3.53. The summed E-state index contributed by atoms with van der Waals surface area (Å²) in [6.07, 6.45) is 1.78. The molecule has 106 valence electrons. The van der Waals surface area contributed by atoms with Crippen LogP contribution in [0.5, 0.6) is 0 Å². The molecular formula is C17H21ClN2. The van der Waals surface area contributed by atoms with Crippen LogP contribution in [0.2, 0.25) is 5.02 Å². The first-order valence-electron chi connectivity index (χ1n) is 6.94. The van der Waals surface area contributed by atoms with E-state index in [0.29, 0.717) is 0 Å². The van der Waals surface area contributed by atoms with Crippen molar-refractivity contribution in [2.45, 2.75) is 25.8 Å². The van der Waals surface area contributed by atoms with Gasteiger partial charge in [0.2, 0.25) is 0 Å². The van der Waals surface area contributed by atoms with Gasteiger partial charge in [-0.3, -0.25) is 0 Å². The molecule has 0 saturated heterocycles. The van der Waals surface area contributed by atoms with Gasteiger partial charge in [-0.2, -0.15) is 0 Å². The van der Waals surface area contributed by atoms with Gasteiger partial charge in [0.1, 0.15) is 0 Å². The second-order valence-corrected chi connectivity index (χ2v) is 5.45. The van der Waals surface area contributed by atoms with Crippen molar-refractivity contribution in [3.05, 3.63) is 59.1 Å². The van der Waals surface area contributed by atoms with E-state index in [0.717, 1.165) is 34.8 Å². The van der Waals surface area contributed by atoms with Gasteiger partial charge in [0.25, 0.3) is 0 Å². The highest BCUT2D eigenvalue weighted by molar-refractivity contribution is 6.31. The van der Waals surface area contributed by atoms with E-state index in [-0.39, 0.29) is 6.04 Å². The Kier molecular flexibility index (Phi) is 5.05. The molecule has 0 fully saturated rings. The molecule has 1 atom stereocenters. The van der Waals surface area contributed by atoms with Crippen LogP contribution in [0, 0.1) is 0 Å². The summed E-state index contributed by atoms with van der Waals surface area (Å²) in [6, 6.07) is 16.6. The molecule has 0 aliphatic rings. The molecule has 3 heteroatoms. The van der Waals surface area contributed by atoms with E-state index < -0.39 is 0 Å². The Bertz CT molecular complexity index is 554. The summed E-state index contributed by atoms with van der Waals surface area (Å²) in [5.74, 6) is 0. The molecular weight excluding hydrogens is 268 g/mol. The molecule has 0 saturated carbocycles. The topological polar surface area (TPSA) is 29.3 Å². The first kappa shape index (κ1) is 14.9. The van der Waals surface area contributed by atoms with Crippen LogP contribution in [0.15, 0.2) is 48.5 Å². The van der Waals surface area contributed by atoms with Crippen molar-refractivity contribution in [2.24, 2.45) is 5.73 Å². The standard InChI is InChI=1S/C17H21ClN2/c1-3-14(19)11-13-9-10-16(12-17(13)18)20(2)15-7-5-4-6-8-15/h4-10,12,14H,3,11,19H2,1-2H3. The third-order valence-electron chi connectivity index (χ3n) is 3.57. The molecule has 2 nitrogen and oxygen atoms in total. The molecule has 2 aromatic carbocycles. The predicted molar refractivity (Wildman–Crippen MR) is 87.9 cm³/mol. The van der Waals surface area contributed by atoms with Crippen molar-refractivity contribution < 1.29 is 0 Å². The molecule has 0 radical (unpaired) electrons. The van der Waals surface area contributed by atoms with E-state index in [2.05, 4.69) is 36.1 Å². The molecule has 2 rings (SSSR count). The third-order valence-corrected chi connectivity index (χ3v) is 3.93. The Morgan fingerprint density at radius 1 is 1.10 bits per heavy atom. The zero-order chi connectivity index (χ0) is 14.5. The minimum absolute atomic E-state index is 0.171. The Balaban J connectivity index is 2.20. The van der Waals surface area contributed by atoms with Crippen LogP contribution in [-0.2, 0) is 6.42 Å². The fraction of sp³-hybridized carbons (Fsp3) is 0.294. The first-order chi connectivity index (χ1) is 9.61. The largest absolute Gasteiger partial charge is 0.345 e. The molecule has 1 unspecified atom stereocenters. The number of halogens is 1. The summed E-state index contributed by atoms with van der Waals surface area (Å²) in [7, 11) is 2.04. The lowest BCUT2D eigenvalue weighted by molar-refractivity contribution is 0.646. The van der Waals surface area contributed by atoms with E-state index in [9.17, 15) is 0 Å². The number of benzene rings is 2. The van der Waals surface area contributed by atoms with Gasteiger partial charge in [-0.25, -0.2) is 0 Å². The minimum Gasteiger partial charge on any atom is -0.345 e. The Labute approximate surface area is 126 Å². The SMILES string of the molecule is CCC(N)Cc1ccc(N(C)c2ccccc2)cc1Cl. The molecule has 2 N–H and O–H groups in total. The van der Waals surface area contributed by atoms with Gasteiger partial charge in [-0.15, -0.1) is 0 Å². The highest BCUT2D eigenvalue weighted by atomic mass is 35.5. The summed E-state index contributed by atoms with van der Waals surface area (Å²) >= 11 is 6.38. The normalized spacial score (nSPS) is 12.2. The Morgan fingerprint density at radius 2 is 1.80 bits per heavy atom. The number of rotatable bonds is 5. The van der Waals surface area contributed by atoms with Crippen molar-refractivity contribution in [1.82, 2.24) is 0 Å². The molecule has 0 amide bonds. The number of hydrogen-bond donors (Lipinski definition) is 1.